The summed E-state index contributed by atoms with van der Waals surface area (Å²) in [5.74, 6) is 0. The van der Waals surface area contributed by atoms with E-state index in [1.54, 1.807) is 0 Å². The van der Waals surface area contributed by atoms with Crippen LogP contribution in [0.5, 0.6) is 0 Å². The van der Waals surface area contributed by atoms with Crippen LogP contribution in [0.25, 0.3) is 0 Å². The van der Waals surface area contributed by atoms with Crippen LogP contribution in [-0.2, 0) is 0 Å². The fraction of sp³-hybridized carbons (Fsp3) is 1.00. The Morgan fingerprint density at radius 3 is 2.08 bits per heavy atom. The van der Waals surface area contributed by atoms with Gasteiger partial charge in [0, 0.05) is 0 Å². The van der Waals surface area contributed by atoms with Gasteiger partial charge in [-0.25, -0.2) is 0 Å². The third-order valence-corrected chi connectivity index (χ3v) is 3.97. The molecule has 0 heterocycles. The molecule has 0 saturated carbocycles. The molecule has 0 atom stereocenters. The van der Waals surface area contributed by atoms with Crippen LogP contribution in [0.4, 0.5) is 0 Å². The highest BCUT2D eigenvalue weighted by Crippen LogP contribution is 2.09. The minimum Gasteiger partial charge on any atom is -0.431 e. The van der Waals surface area contributed by atoms with Crippen molar-refractivity contribution in [2.75, 3.05) is 0 Å². The molecule has 1 radical (unpaired) electrons. The third-order valence-electron chi connectivity index (χ3n) is 2.23. The van der Waals surface area contributed by atoms with E-state index >= 15 is 0 Å². The normalized spacial score (nSPS) is 11.0. The Bertz CT molecular complexity index is 85.9. The molecule has 0 bridgehead atoms. The van der Waals surface area contributed by atoms with Gasteiger partial charge in [-0.2, -0.15) is 0 Å². The van der Waals surface area contributed by atoms with E-state index in [-0.39, 0.29) is 0 Å². The van der Waals surface area contributed by atoms with Crippen LogP contribution in [0.3, 0.4) is 0 Å². The summed E-state index contributed by atoms with van der Waals surface area (Å²) in [6.07, 6.45) is 8.04. The highest BCUT2D eigenvalue weighted by molar-refractivity contribution is 6.50. The average molecular weight is 187 g/mol. The van der Waals surface area contributed by atoms with Crippen LogP contribution >= 0.6 is 0 Å². The van der Waals surface area contributed by atoms with Crippen molar-refractivity contribution < 1.29 is 4.80 Å². The number of hydrogen-bond donors (Lipinski definition) is 1. The van der Waals surface area contributed by atoms with E-state index in [1.807, 2.05) is 0 Å². The van der Waals surface area contributed by atoms with Crippen LogP contribution in [0, 0.1) is 0 Å². The Morgan fingerprint density at radius 2 is 1.50 bits per heavy atom. The van der Waals surface area contributed by atoms with Gasteiger partial charge in [0.15, 0.2) is 0 Å². The number of unbranched alkanes of at least 4 members (excludes halogenated alkanes) is 5. The van der Waals surface area contributed by atoms with E-state index in [0.29, 0.717) is 0 Å². The van der Waals surface area contributed by atoms with Gasteiger partial charge in [0.05, 0.1) is 0 Å². The second-order valence-electron chi connectivity index (χ2n) is 3.44. The molecule has 0 aromatic heterocycles. The van der Waals surface area contributed by atoms with Crippen LogP contribution in [0.2, 0.25) is 12.1 Å². The SMILES string of the molecule is CCCCCCCC[Si](O)CC. The predicted molar refractivity (Wildman–Crippen MR) is 56.6 cm³/mol. The fourth-order valence-corrected chi connectivity index (χ4v) is 2.30. The Morgan fingerprint density at radius 1 is 0.917 bits per heavy atom. The van der Waals surface area contributed by atoms with E-state index in [0.717, 1.165) is 12.1 Å². The zero-order chi connectivity index (χ0) is 9.23. The minimum absolute atomic E-state index is 0.921. The smallest absolute Gasteiger partial charge is 0.206 e. The maximum Gasteiger partial charge on any atom is 0.206 e. The molecular weight excluding hydrogens is 164 g/mol. The zero-order valence-corrected chi connectivity index (χ0v) is 9.60. The molecule has 1 nitrogen and oxygen atoms in total. The average Bonchev–Trinajstić information content (AvgIpc) is 2.10. The highest BCUT2D eigenvalue weighted by Gasteiger charge is 2.02. The van der Waals surface area contributed by atoms with Gasteiger partial charge < -0.3 is 4.80 Å². The lowest BCUT2D eigenvalue weighted by molar-refractivity contribution is 0.553. The Balaban J connectivity index is 2.90. The summed E-state index contributed by atoms with van der Waals surface area (Å²) in [4.78, 5) is 9.36. The van der Waals surface area contributed by atoms with Crippen LogP contribution in [0.1, 0.15) is 52.4 Å². The van der Waals surface area contributed by atoms with Crippen LogP contribution in [-0.4, -0.2) is 13.8 Å². The van der Waals surface area contributed by atoms with Gasteiger partial charge in [-0.1, -0.05) is 52.4 Å². The molecule has 2 heteroatoms. The molecule has 0 rings (SSSR count). The van der Waals surface area contributed by atoms with Crippen LogP contribution < -0.4 is 0 Å². The monoisotopic (exact) mass is 187 g/mol. The summed E-state index contributed by atoms with van der Waals surface area (Å²) in [5, 5.41) is 0. The largest absolute Gasteiger partial charge is 0.431 e. The first-order chi connectivity index (χ1) is 5.81. The molecule has 1 N–H and O–H groups in total. The van der Waals surface area contributed by atoms with Crippen LogP contribution in [0.15, 0.2) is 0 Å². The molecule has 0 aromatic carbocycles. The van der Waals surface area contributed by atoms with Crippen molar-refractivity contribution in [2.45, 2.75) is 64.5 Å². The molecule has 12 heavy (non-hydrogen) atoms. The molecule has 0 unspecified atom stereocenters. The summed E-state index contributed by atoms with van der Waals surface area (Å²) < 4.78 is 0. The second kappa shape index (κ2) is 9.27. The van der Waals surface area contributed by atoms with Gasteiger partial charge in [-0.05, 0) is 12.1 Å². The molecule has 0 fully saturated rings. The minimum atomic E-state index is -0.921. The molecule has 0 aliphatic carbocycles. The van der Waals surface area contributed by atoms with Gasteiger partial charge in [-0.3, -0.25) is 0 Å². The Labute approximate surface area is 78.9 Å². The topological polar surface area (TPSA) is 20.2 Å². The molecule has 0 amide bonds. The lowest BCUT2D eigenvalue weighted by Gasteiger charge is -2.03. The van der Waals surface area contributed by atoms with Crippen molar-refractivity contribution in [1.29, 1.82) is 0 Å². The summed E-state index contributed by atoms with van der Waals surface area (Å²) in [7, 11) is -0.921. The van der Waals surface area contributed by atoms with E-state index in [9.17, 15) is 4.80 Å². The first kappa shape index (κ1) is 12.2. The van der Waals surface area contributed by atoms with Crippen molar-refractivity contribution in [3.63, 3.8) is 0 Å². The third kappa shape index (κ3) is 8.28. The lowest BCUT2D eigenvalue weighted by Crippen LogP contribution is -2.08. The summed E-state index contributed by atoms with van der Waals surface area (Å²) in [5.41, 5.74) is 0. The molecule has 0 spiro atoms. The van der Waals surface area contributed by atoms with Gasteiger partial charge in [0.1, 0.15) is 0 Å². The van der Waals surface area contributed by atoms with E-state index in [2.05, 4.69) is 13.8 Å². The lowest BCUT2D eigenvalue weighted by atomic mass is 10.1. The van der Waals surface area contributed by atoms with Crippen molar-refractivity contribution in [2.24, 2.45) is 0 Å². The maximum absolute atomic E-state index is 9.36. The van der Waals surface area contributed by atoms with E-state index in [1.165, 1.54) is 38.5 Å². The van der Waals surface area contributed by atoms with Crippen molar-refractivity contribution >= 4 is 9.04 Å². The standard InChI is InChI=1S/C10H23OSi/c1-3-5-6-7-8-9-10-12(11)4-2/h11H,3-10H2,1-2H3. The summed E-state index contributed by atoms with van der Waals surface area (Å²) in [6, 6.07) is 2.12. The van der Waals surface area contributed by atoms with Crippen molar-refractivity contribution in [1.82, 2.24) is 0 Å². The molecular formula is C10H23OSi. The quantitative estimate of drug-likeness (QED) is 0.456. The summed E-state index contributed by atoms with van der Waals surface area (Å²) in [6.45, 7) is 4.33. The maximum atomic E-state index is 9.36. The first-order valence-electron chi connectivity index (χ1n) is 5.34. The Hall–Kier alpha value is 0.177. The molecule has 0 aliphatic heterocycles. The number of rotatable bonds is 8. The van der Waals surface area contributed by atoms with Crippen molar-refractivity contribution in [3.05, 3.63) is 0 Å². The molecule has 73 valence electrons. The number of hydrogen-bond acceptors (Lipinski definition) is 1. The van der Waals surface area contributed by atoms with E-state index in [4.69, 9.17) is 0 Å². The van der Waals surface area contributed by atoms with Crippen molar-refractivity contribution in [3.8, 4) is 0 Å². The molecule has 0 saturated heterocycles. The first-order valence-corrected chi connectivity index (χ1v) is 7.21. The van der Waals surface area contributed by atoms with E-state index < -0.39 is 9.04 Å². The fourth-order valence-electron chi connectivity index (χ4n) is 1.29. The van der Waals surface area contributed by atoms with Gasteiger partial charge in [0.25, 0.3) is 0 Å². The van der Waals surface area contributed by atoms with Gasteiger partial charge in [-0.15, -0.1) is 0 Å². The second-order valence-corrected chi connectivity index (χ2v) is 5.78. The molecule has 0 aliphatic rings. The predicted octanol–water partition coefficient (Wildman–Crippen LogP) is 3.35. The van der Waals surface area contributed by atoms with Gasteiger partial charge >= 0.3 is 0 Å². The highest BCUT2D eigenvalue weighted by atomic mass is 28.3. The van der Waals surface area contributed by atoms with Gasteiger partial charge in [0.2, 0.25) is 9.04 Å². The Kier molecular flexibility index (Phi) is 9.40. The molecule has 0 aromatic rings. The zero-order valence-electron chi connectivity index (χ0n) is 8.60. The summed E-state index contributed by atoms with van der Waals surface area (Å²) >= 11 is 0.